The van der Waals surface area contributed by atoms with E-state index < -0.39 is 6.10 Å². The van der Waals surface area contributed by atoms with Crippen molar-refractivity contribution in [3.63, 3.8) is 0 Å². The van der Waals surface area contributed by atoms with Crippen LogP contribution in [0.2, 0.25) is 0 Å². The van der Waals surface area contributed by atoms with Gasteiger partial charge in [-0.2, -0.15) is 0 Å². The van der Waals surface area contributed by atoms with Crippen LogP contribution in [-0.2, 0) is 17.3 Å². The molecule has 0 bridgehead atoms. The lowest BCUT2D eigenvalue weighted by Gasteiger charge is -2.21. The normalized spacial score (nSPS) is 12.8. The molecule has 3 aromatic rings. The van der Waals surface area contributed by atoms with Gasteiger partial charge in [-0.3, -0.25) is 9.59 Å². The number of ether oxygens (including phenoxy) is 1. The predicted octanol–water partition coefficient (Wildman–Crippen LogP) is 4.69. The largest absolute Gasteiger partial charge is 0.481 e. The van der Waals surface area contributed by atoms with Crippen LogP contribution in [0.3, 0.4) is 0 Å². The van der Waals surface area contributed by atoms with E-state index in [-0.39, 0.29) is 16.2 Å². The molecule has 0 radical (unpaired) electrons. The molecule has 0 aliphatic heterocycles. The maximum atomic E-state index is 12.7. The standard InChI is InChI=1S/C22H26N2O3S/c1-6-18(27-16-10-7-14(8-11-16)22(2,3)4)20(25)23-15-9-12-17-19(13-15)28-21(26)24(17)5/h7-13,18H,6H2,1-5H3,(H,23,25)/t18-/m1/s1. The van der Waals surface area contributed by atoms with Crippen LogP contribution in [0.4, 0.5) is 5.69 Å². The Kier molecular flexibility index (Phi) is 5.61. The second-order valence-electron chi connectivity index (χ2n) is 7.89. The minimum Gasteiger partial charge on any atom is -0.481 e. The van der Waals surface area contributed by atoms with Crippen molar-refractivity contribution in [2.24, 2.45) is 7.05 Å². The molecule has 0 aliphatic carbocycles. The van der Waals surface area contributed by atoms with E-state index in [2.05, 4.69) is 26.1 Å². The summed E-state index contributed by atoms with van der Waals surface area (Å²) in [6.45, 7) is 8.39. The van der Waals surface area contributed by atoms with E-state index in [1.165, 1.54) is 5.56 Å². The molecule has 6 heteroatoms. The van der Waals surface area contributed by atoms with Gasteiger partial charge in [0, 0.05) is 12.7 Å². The van der Waals surface area contributed by atoms with E-state index in [9.17, 15) is 9.59 Å². The van der Waals surface area contributed by atoms with E-state index in [4.69, 9.17) is 4.74 Å². The van der Waals surface area contributed by atoms with E-state index in [1.54, 1.807) is 17.7 Å². The molecule has 0 aliphatic rings. The summed E-state index contributed by atoms with van der Waals surface area (Å²) >= 11 is 1.16. The smallest absolute Gasteiger partial charge is 0.307 e. The zero-order valence-corrected chi connectivity index (χ0v) is 17.7. The number of fused-ring (bicyclic) bond motifs is 1. The number of hydrogen-bond donors (Lipinski definition) is 1. The fraction of sp³-hybridized carbons (Fsp3) is 0.364. The van der Waals surface area contributed by atoms with Crippen LogP contribution in [0, 0.1) is 0 Å². The molecule has 0 saturated heterocycles. The van der Waals surface area contributed by atoms with Crippen molar-refractivity contribution < 1.29 is 9.53 Å². The lowest BCUT2D eigenvalue weighted by molar-refractivity contribution is -0.122. The van der Waals surface area contributed by atoms with Crippen molar-refractivity contribution in [3.8, 4) is 5.75 Å². The van der Waals surface area contributed by atoms with Crippen LogP contribution in [0.15, 0.2) is 47.3 Å². The molecule has 148 valence electrons. The third-order valence-electron chi connectivity index (χ3n) is 4.72. The number of amides is 1. The van der Waals surface area contributed by atoms with Gasteiger partial charge in [0.15, 0.2) is 6.10 Å². The lowest BCUT2D eigenvalue weighted by atomic mass is 9.87. The Labute approximate surface area is 169 Å². The summed E-state index contributed by atoms with van der Waals surface area (Å²) in [5, 5.41) is 2.90. The minimum atomic E-state index is -0.592. The van der Waals surface area contributed by atoms with Gasteiger partial charge in [-0.15, -0.1) is 0 Å². The molecule has 28 heavy (non-hydrogen) atoms. The van der Waals surface area contributed by atoms with Crippen molar-refractivity contribution in [2.75, 3.05) is 5.32 Å². The van der Waals surface area contributed by atoms with E-state index >= 15 is 0 Å². The number of rotatable bonds is 5. The number of aryl methyl sites for hydroxylation is 1. The highest BCUT2D eigenvalue weighted by Gasteiger charge is 2.20. The van der Waals surface area contributed by atoms with Gasteiger partial charge in [0.1, 0.15) is 5.75 Å². The number of hydrogen-bond acceptors (Lipinski definition) is 4. The second kappa shape index (κ2) is 7.80. The van der Waals surface area contributed by atoms with Gasteiger partial charge in [-0.1, -0.05) is 51.2 Å². The number of anilines is 1. The Morgan fingerprint density at radius 1 is 1.18 bits per heavy atom. The number of carbonyl (C=O) groups is 1. The van der Waals surface area contributed by atoms with Gasteiger partial charge >= 0.3 is 4.87 Å². The van der Waals surface area contributed by atoms with Crippen LogP contribution in [0.25, 0.3) is 10.2 Å². The van der Waals surface area contributed by atoms with E-state index in [0.29, 0.717) is 17.9 Å². The summed E-state index contributed by atoms with van der Waals surface area (Å²) in [4.78, 5) is 24.5. The summed E-state index contributed by atoms with van der Waals surface area (Å²) < 4.78 is 8.36. The molecular weight excluding hydrogens is 372 g/mol. The topological polar surface area (TPSA) is 60.3 Å². The van der Waals surface area contributed by atoms with Crippen LogP contribution in [0.1, 0.15) is 39.7 Å². The van der Waals surface area contributed by atoms with Crippen molar-refractivity contribution in [1.82, 2.24) is 4.57 Å². The SMILES string of the molecule is CC[C@@H](Oc1ccc(C(C)(C)C)cc1)C(=O)Nc1ccc2c(c1)sc(=O)n2C. The van der Waals surface area contributed by atoms with Gasteiger partial charge in [0.05, 0.1) is 10.2 Å². The highest BCUT2D eigenvalue weighted by atomic mass is 32.1. The van der Waals surface area contributed by atoms with Crippen molar-refractivity contribution in [2.45, 2.75) is 45.6 Å². The first kappa shape index (κ1) is 20.1. The quantitative estimate of drug-likeness (QED) is 0.678. The minimum absolute atomic E-state index is 0.0213. The number of thiazole rings is 1. The fourth-order valence-electron chi connectivity index (χ4n) is 2.95. The molecule has 1 amide bonds. The third-order valence-corrected chi connectivity index (χ3v) is 5.72. The maximum Gasteiger partial charge on any atom is 0.307 e. The summed E-state index contributed by atoms with van der Waals surface area (Å²) in [7, 11) is 1.74. The monoisotopic (exact) mass is 398 g/mol. The first-order valence-electron chi connectivity index (χ1n) is 9.36. The number of aromatic nitrogens is 1. The summed E-state index contributed by atoms with van der Waals surface area (Å²) in [5.74, 6) is 0.469. The molecule has 1 atom stereocenters. The first-order valence-corrected chi connectivity index (χ1v) is 10.2. The number of benzene rings is 2. The number of nitrogens with zero attached hydrogens (tertiary/aromatic N) is 1. The predicted molar refractivity (Wildman–Crippen MR) is 116 cm³/mol. The third kappa shape index (κ3) is 4.28. The number of carbonyl (C=O) groups excluding carboxylic acids is 1. The van der Waals surface area contributed by atoms with Crippen LogP contribution < -0.4 is 14.9 Å². The fourth-order valence-corrected chi connectivity index (χ4v) is 3.87. The van der Waals surface area contributed by atoms with Crippen LogP contribution in [0.5, 0.6) is 5.75 Å². The number of nitrogens with one attached hydrogen (secondary N) is 1. The van der Waals surface area contributed by atoms with Crippen LogP contribution in [-0.4, -0.2) is 16.6 Å². The Hall–Kier alpha value is -2.60. The average molecular weight is 399 g/mol. The highest BCUT2D eigenvalue weighted by molar-refractivity contribution is 7.16. The average Bonchev–Trinajstić information content (AvgIpc) is 2.92. The van der Waals surface area contributed by atoms with Crippen molar-refractivity contribution in [3.05, 3.63) is 57.7 Å². The first-order chi connectivity index (χ1) is 13.2. The molecule has 0 unspecified atom stereocenters. The molecule has 2 aromatic carbocycles. The van der Waals surface area contributed by atoms with Gasteiger partial charge in [0.2, 0.25) is 0 Å². The second-order valence-corrected chi connectivity index (χ2v) is 8.88. The summed E-state index contributed by atoms with van der Waals surface area (Å²) in [5.41, 5.74) is 2.80. The molecule has 0 saturated carbocycles. The zero-order chi connectivity index (χ0) is 20.5. The van der Waals surface area contributed by atoms with Crippen LogP contribution >= 0.6 is 11.3 Å². The van der Waals surface area contributed by atoms with Gasteiger partial charge in [0.25, 0.3) is 5.91 Å². The Bertz CT molecular complexity index is 1040. The molecule has 5 nitrogen and oxygen atoms in total. The van der Waals surface area contributed by atoms with E-state index in [1.807, 2.05) is 43.3 Å². The Morgan fingerprint density at radius 2 is 1.86 bits per heavy atom. The molecule has 0 fully saturated rings. The maximum absolute atomic E-state index is 12.7. The van der Waals surface area contributed by atoms with Crippen molar-refractivity contribution >= 4 is 33.1 Å². The zero-order valence-electron chi connectivity index (χ0n) is 16.9. The lowest BCUT2D eigenvalue weighted by Crippen LogP contribution is -2.32. The Morgan fingerprint density at radius 3 is 2.46 bits per heavy atom. The highest BCUT2D eigenvalue weighted by Crippen LogP contribution is 2.25. The molecule has 1 N–H and O–H groups in total. The summed E-state index contributed by atoms with van der Waals surface area (Å²) in [6, 6.07) is 13.3. The molecule has 3 rings (SSSR count). The molecular formula is C22H26N2O3S. The van der Waals surface area contributed by atoms with E-state index in [0.717, 1.165) is 21.6 Å². The molecule has 0 spiro atoms. The molecule has 1 heterocycles. The van der Waals surface area contributed by atoms with Crippen molar-refractivity contribution in [1.29, 1.82) is 0 Å². The molecule has 1 aromatic heterocycles. The Balaban J connectivity index is 1.72. The van der Waals surface area contributed by atoms with Gasteiger partial charge in [-0.05, 0) is 47.7 Å². The van der Waals surface area contributed by atoms with Gasteiger partial charge in [-0.25, -0.2) is 0 Å². The van der Waals surface area contributed by atoms with Gasteiger partial charge < -0.3 is 14.6 Å². The summed E-state index contributed by atoms with van der Waals surface area (Å²) in [6.07, 6.45) is -0.0426.